The van der Waals surface area contributed by atoms with E-state index < -0.39 is 0 Å². The standard InChI is InChI=1S/C17H22.C16H24.C16H22.C15H16.C14H18.C12H18O2.C7H14O.C7H16O.C6H12O.C6H14O/c1-4-5-15-6-8-16(9-7-15)17-11-13(2)10-14(3)12-17;2*1-4-14-5-7-15(8-6-14)16-10-12(2)9-13(3)11-16;1-11-4-6-14(7-5-11)15-9-12(2)8-13(3)10-15;1-11-3-7-13(8-4-11)14-9-5-12(2)6-10-14;1-3-13-9-11-6-5-7-12(8-11)10-14-4-2;1-5-4-6(2)8-7(5)3;1-4-7(5-2)8-6-3;1-5-3-4-6(2)7-5;1-3-5-7-6-4-2/h4-6,8,10-12,15-16H,7,9H2,1-3H3;9-11,14-15H,4-8H2,1-3H3;5,7,9-11,14-15H,4,6,8H2,1-3H3;4-10H,1-3H3;3-5,7-9,12,14H,6,10H2,1-2H3;5-8H,3-4,9-10H2,1-2H3;5-7H,4H2,1-3H3;7H,4-6H2,1-3H3;5-6H,3-4H2,1-2H3;3-6H2,1-2H3. The van der Waals surface area contributed by atoms with Crippen LogP contribution in [0.2, 0.25) is 0 Å². The third kappa shape index (κ3) is 44.9. The van der Waals surface area contributed by atoms with Crippen LogP contribution in [0.1, 0.15) is 345 Å². The maximum absolute atomic E-state index is 5.47. The predicted molar refractivity (Wildman–Crippen MR) is 532 cm³/mol. The van der Waals surface area contributed by atoms with E-state index in [1.54, 1.807) is 5.56 Å². The molecule has 7 aromatic carbocycles. The Kier molecular flexibility index (Phi) is 55.0. The number of ether oxygens (including phenoxy) is 6. The quantitative estimate of drug-likeness (QED) is 0.0498. The zero-order valence-electron chi connectivity index (χ0n) is 82.4. The average molecular weight is 1670 g/mol. The molecule has 2 aliphatic heterocycles. The molecular formula is C116H176O6. The molecule has 0 amide bonds. The molecule has 2 heterocycles. The number of benzene rings is 7. The molecular weight excluding hydrogens is 1490 g/mol. The van der Waals surface area contributed by atoms with Crippen molar-refractivity contribution in [3.63, 3.8) is 0 Å². The Balaban J connectivity index is 0.000000289. The Hall–Kier alpha value is -6.74. The summed E-state index contributed by atoms with van der Waals surface area (Å²) in [4.78, 5) is 0. The lowest BCUT2D eigenvalue weighted by molar-refractivity contribution is 0.0577. The first-order valence-corrected chi connectivity index (χ1v) is 48.5. The van der Waals surface area contributed by atoms with Crippen molar-refractivity contribution in [2.24, 2.45) is 29.6 Å². The van der Waals surface area contributed by atoms with E-state index in [2.05, 4.69) is 347 Å². The molecule has 11 unspecified atom stereocenters. The highest BCUT2D eigenvalue weighted by Gasteiger charge is 2.26. The fraction of sp³-hybridized carbons (Fsp3) is 0.569. The highest BCUT2D eigenvalue weighted by atomic mass is 16.5. The average Bonchev–Trinajstić information content (AvgIpc) is 1.37. The lowest BCUT2D eigenvalue weighted by atomic mass is 9.77. The molecule has 0 aromatic heterocycles. The van der Waals surface area contributed by atoms with Gasteiger partial charge in [0.2, 0.25) is 0 Å². The Morgan fingerprint density at radius 2 is 0.820 bits per heavy atom. The molecule has 1 saturated carbocycles. The van der Waals surface area contributed by atoms with E-state index in [-0.39, 0.29) is 0 Å². The van der Waals surface area contributed by atoms with Crippen molar-refractivity contribution in [2.75, 3.05) is 33.0 Å². The van der Waals surface area contributed by atoms with Crippen LogP contribution in [0.5, 0.6) is 0 Å². The van der Waals surface area contributed by atoms with Crippen LogP contribution < -0.4 is 0 Å². The van der Waals surface area contributed by atoms with Gasteiger partial charge in [0.15, 0.2) is 0 Å². The number of aryl methyl sites for hydroxylation is 10. The summed E-state index contributed by atoms with van der Waals surface area (Å²) in [7, 11) is 0. The molecule has 6 aliphatic rings. The van der Waals surface area contributed by atoms with Gasteiger partial charge in [-0.1, -0.05) is 312 Å². The van der Waals surface area contributed by atoms with Crippen LogP contribution in [0.15, 0.2) is 194 Å². The molecule has 2 saturated heterocycles. The maximum Gasteiger partial charge on any atom is 0.0716 e. The van der Waals surface area contributed by atoms with Crippen molar-refractivity contribution in [1.82, 2.24) is 0 Å². The minimum Gasteiger partial charge on any atom is -0.381 e. The van der Waals surface area contributed by atoms with Crippen molar-refractivity contribution < 1.29 is 28.4 Å². The molecule has 13 rings (SSSR count). The normalized spacial score (nSPS) is 22.3. The molecule has 6 nitrogen and oxygen atoms in total. The van der Waals surface area contributed by atoms with Crippen molar-refractivity contribution in [3.8, 4) is 11.1 Å². The highest BCUT2D eigenvalue weighted by molar-refractivity contribution is 5.65. The molecule has 7 aromatic rings. The molecule has 3 fully saturated rings. The minimum absolute atomic E-state index is 0.491. The zero-order chi connectivity index (χ0) is 89.7. The van der Waals surface area contributed by atoms with Gasteiger partial charge >= 0.3 is 0 Å². The first kappa shape index (κ1) is 108. The van der Waals surface area contributed by atoms with Gasteiger partial charge in [0.1, 0.15) is 0 Å². The summed E-state index contributed by atoms with van der Waals surface area (Å²) >= 11 is 0. The number of allylic oxidation sites excluding steroid dienone is 8. The van der Waals surface area contributed by atoms with E-state index in [0.29, 0.717) is 67.4 Å². The molecule has 0 spiro atoms. The summed E-state index contributed by atoms with van der Waals surface area (Å²) in [6, 6.07) is 53.5. The Labute approximate surface area is 750 Å². The maximum atomic E-state index is 5.47. The van der Waals surface area contributed by atoms with Crippen molar-refractivity contribution in [1.29, 1.82) is 0 Å². The first-order chi connectivity index (χ1) is 58.6. The molecule has 4 aliphatic carbocycles. The molecule has 676 valence electrons. The monoisotopic (exact) mass is 1670 g/mol. The van der Waals surface area contributed by atoms with Crippen molar-refractivity contribution in [3.05, 3.63) is 283 Å². The lowest BCUT2D eigenvalue weighted by Crippen LogP contribution is -2.12. The number of rotatable bonds is 22. The van der Waals surface area contributed by atoms with Crippen LogP contribution in [0.3, 0.4) is 0 Å². The molecule has 0 bridgehead atoms. The fourth-order valence-corrected chi connectivity index (χ4v) is 17.2. The predicted octanol–water partition coefficient (Wildman–Crippen LogP) is 33.2. The van der Waals surface area contributed by atoms with Crippen molar-refractivity contribution in [2.45, 2.75) is 369 Å². The van der Waals surface area contributed by atoms with E-state index >= 15 is 0 Å². The second kappa shape index (κ2) is 62.4. The lowest BCUT2D eigenvalue weighted by Gasteiger charge is -2.28. The third-order valence-corrected chi connectivity index (χ3v) is 24.4. The van der Waals surface area contributed by atoms with Gasteiger partial charge in [-0.2, -0.15) is 0 Å². The zero-order valence-corrected chi connectivity index (χ0v) is 82.4. The fourth-order valence-electron chi connectivity index (χ4n) is 17.2. The van der Waals surface area contributed by atoms with Gasteiger partial charge in [0, 0.05) is 50.8 Å². The van der Waals surface area contributed by atoms with E-state index in [0.717, 1.165) is 88.3 Å². The van der Waals surface area contributed by atoms with Crippen LogP contribution in [0, 0.1) is 98.8 Å². The van der Waals surface area contributed by atoms with Gasteiger partial charge in [-0.15, -0.1) is 0 Å². The number of hydrogen-bond acceptors (Lipinski definition) is 6. The summed E-state index contributed by atoms with van der Waals surface area (Å²) in [6.45, 7) is 61.7. The first-order valence-electron chi connectivity index (χ1n) is 48.5. The van der Waals surface area contributed by atoms with Gasteiger partial charge in [-0.05, 0) is 320 Å². The minimum atomic E-state index is 0.491. The highest BCUT2D eigenvalue weighted by Crippen LogP contribution is 2.39. The van der Waals surface area contributed by atoms with E-state index in [1.807, 2.05) is 26.8 Å². The Bertz CT molecular complexity index is 3860. The van der Waals surface area contributed by atoms with E-state index in [9.17, 15) is 0 Å². The van der Waals surface area contributed by atoms with Gasteiger partial charge in [0.05, 0.1) is 43.7 Å². The summed E-state index contributed by atoms with van der Waals surface area (Å²) in [5.74, 6) is 6.79. The summed E-state index contributed by atoms with van der Waals surface area (Å²) in [6.07, 6.45) is 45.8. The van der Waals surface area contributed by atoms with Crippen LogP contribution in [0.4, 0.5) is 0 Å². The van der Waals surface area contributed by atoms with Gasteiger partial charge < -0.3 is 28.4 Å². The van der Waals surface area contributed by atoms with Gasteiger partial charge in [-0.3, -0.25) is 0 Å². The number of hydrogen-bond donors (Lipinski definition) is 0. The summed E-state index contributed by atoms with van der Waals surface area (Å²) in [5.41, 5.74) is 24.8. The van der Waals surface area contributed by atoms with E-state index in [1.165, 1.54) is 191 Å². The molecule has 0 N–H and O–H groups in total. The van der Waals surface area contributed by atoms with E-state index in [4.69, 9.17) is 28.4 Å². The van der Waals surface area contributed by atoms with Crippen LogP contribution >= 0.6 is 0 Å². The van der Waals surface area contributed by atoms with Crippen LogP contribution in [0.25, 0.3) is 11.1 Å². The Morgan fingerprint density at radius 3 is 1.17 bits per heavy atom. The second-order valence-corrected chi connectivity index (χ2v) is 36.4. The van der Waals surface area contributed by atoms with Gasteiger partial charge in [-0.25, -0.2) is 0 Å². The summed E-state index contributed by atoms with van der Waals surface area (Å²) < 4.78 is 32.0. The second-order valence-electron chi connectivity index (χ2n) is 36.4. The molecule has 0 radical (unpaired) electrons. The third-order valence-electron chi connectivity index (χ3n) is 24.4. The molecule has 11 atom stereocenters. The topological polar surface area (TPSA) is 55.4 Å². The smallest absolute Gasteiger partial charge is 0.0716 e. The largest absolute Gasteiger partial charge is 0.381 e. The van der Waals surface area contributed by atoms with Crippen LogP contribution in [-0.4, -0.2) is 63.6 Å². The van der Waals surface area contributed by atoms with Gasteiger partial charge in [0.25, 0.3) is 0 Å². The van der Waals surface area contributed by atoms with Crippen LogP contribution in [-0.2, 0) is 41.6 Å². The van der Waals surface area contributed by atoms with Crippen molar-refractivity contribution >= 4 is 0 Å². The molecule has 6 heteroatoms. The SMILES string of the molecule is CC1CC(C)C(C)O1.CC1CCC(C)O1.CC=CC1C=CC(c2cc(C)cc(C)c2)CC1.CCC1C=CC(c2cc(C)cc(C)c2)CC1.CCC1CCC(c2cc(C)cc(C)c2)CC1.CCCOCCC.CCOC(CC)CC.CCOCc1cccc(COCC)c1.Cc1ccc(-c2cc(C)cc(C)c2)cc1.Cc1ccc(C2C=CC(C)CC2)cc1. The molecule has 122 heavy (non-hydrogen) atoms. The Morgan fingerprint density at radius 1 is 0.369 bits per heavy atom. The summed E-state index contributed by atoms with van der Waals surface area (Å²) in [5, 5.41) is 0.